The van der Waals surface area contributed by atoms with E-state index in [1.807, 2.05) is 24.3 Å². The molecule has 0 saturated carbocycles. The number of aliphatic hydroxyl groups excluding tert-OH is 1. The highest BCUT2D eigenvalue weighted by Gasteiger charge is 2.08. The van der Waals surface area contributed by atoms with Gasteiger partial charge in [-0.2, -0.15) is 0 Å². The third-order valence-electron chi connectivity index (χ3n) is 2.32. The van der Waals surface area contributed by atoms with Gasteiger partial charge in [0.2, 0.25) is 0 Å². The van der Waals surface area contributed by atoms with E-state index in [0.29, 0.717) is 13.1 Å². The van der Waals surface area contributed by atoms with Crippen molar-refractivity contribution in [3.63, 3.8) is 0 Å². The first kappa shape index (κ1) is 14.2. The lowest BCUT2D eigenvalue weighted by Gasteiger charge is -2.10. The molecule has 17 heavy (non-hydrogen) atoms. The van der Waals surface area contributed by atoms with Gasteiger partial charge in [0.15, 0.2) is 0 Å². The normalized spacial score (nSPS) is 12.4. The van der Waals surface area contributed by atoms with Crippen LogP contribution in [0.1, 0.15) is 12.0 Å². The third-order valence-corrected chi connectivity index (χ3v) is 3.09. The highest BCUT2D eigenvalue weighted by Crippen LogP contribution is 2.15. The van der Waals surface area contributed by atoms with Gasteiger partial charge >= 0.3 is 5.97 Å². The number of nitrogens with one attached hydrogen (secondary N) is 1. The molecule has 1 rings (SSSR count). The monoisotopic (exact) mass is 301 g/mol. The summed E-state index contributed by atoms with van der Waals surface area (Å²) < 4.78 is 1.06. The molecule has 3 N–H and O–H groups in total. The van der Waals surface area contributed by atoms with E-state index in [1.54, 1.807) is 0 Å². The minimum atomic E-state index is -0.981. The predicted molar refractivity (Wildman–Crippen MR) is 69.0 cm³/mol. The van der Waals surface area contributed by atoms with E-state index in [0.717, 1.165) is 10.9 Å². The molecule has 0 aliphatic rings. The number of carboxylic acid groups (broad SMARTS) is 1. The maximum atomic E-state index is 10.3. The number of aliphatic carboxylic acids is 1. The topological polar surface area (TPSA) is 69.6 Å². The van der Waals surface area contributed by atoms with E-state index in [4.69, 9.17) is 5.11 Å². The molecule has 0 aliphatic carbocycles. The molecule has 0 aliphatic heterocycles. The Morgan fingerprint density at radius 1 is 1.41 bits per heavy atom. The van der Waals surface area contributed by atoms with Crippen LogP contribution in [0.3, 0.4) is 0 Å². The van der Waals surface area contributed by atoms with Crippen LogP contribution in [0.15, 0.2) is 28.7 Å². The smallest absolute Gasteiger partial charge is 0.306 e. The zero-order valence-electron chi connectivity index (χ0n) is 9.40. The van der Waals surface area contributed by atoms with E-state index in [-0.39, 0.29) is 6.42 Å². The Balaban J connectivity index is 2.20. The molecular weight excluding hydrogens is 286 g/mol. The van der Waals surface area contributed by atoms with Gasteiger partial charge in [-0.15, -0.1) is 0 Å². The lowest BCUT2D eigenvalue weighted by atomic mass is 10.1. The highest BCUT2D eigenvalue weighted by atomic mass is 79.9. The Bertz CT molecular complexity index is 371. The average Bonchev–Trinajstić information content (AvgIpc) is 2.25. The van der Waals surface area contributed by atoms with Crippen molar-refractivity contribution in [1.29, 1.82) is 0 Å². The summed E-state index contributed by atoms with van der Waals surface area (Å²) in [5.41, 5.74) is 1.19. The van der Waals surface area contributed by atoms with Gasteiger partial charge < -0.3 is 15.5 Å². The molecule has 0 radical (unpaired) electrons. The van der Waals surface area contributed by atoms with Crippen molar-refractivity contribution in [3.8, 4) is 0 Å². The van der Waals surface area contributed by atoms with Crippen LogP contribution in [0.5, 0.6) is 0 Å². The summed E-state index contributed by atoms with van der Waals surface area (Å²) in [5, 5.41) is 20.8. The molecule has 94 valence electrons. The summed E-state index contributed by atoms with van der Waals surface area (Å²) in [6.45, 7) is 1.01. The first-order valence-electron chi connectivity index (χ1n) is 5.43. The zero-order chi connectivity index (χ0) is 12.7. The van der Waals surface area contributed by atoms with E-state index in [1.165, 1.54) is 5.56 Å². The molecule has 0 saturated heterocycles. The van der Waals surface area contributed by atoms with Gasteiger partial charge in [-0.25, -0.2) is 0 Å². The van der Waals surface area contributed by atoms with Gasteiger partial charge in [-0.05, 0) is 24.6 Å². The Labute approximate surface area is 109 Å². The van der Waals surface area contributed by atoms with E-state index >= 15 is 0 Å². The van der Waals surface area contributed by atoms with Crippen LogP contribution < -0.4 is 5.32 Å². The van der Waals surface area contributed by atoms with Crippen LogP contribution in [0.2, 0.25) is 0 Å². The number of halogens is 1. The SMILES string of the molecule is O=C(O)CC(O)CNCCc1ccccc1Br. The fraction of sp³-hybridized carbons (Fsp3) is 0.417. The quantitative estimate of drug-likeness (QED) is 0.666. The van der Waals surface area contributed by atoms with Gasteiger partial charge in [0.25, 0.3) is 0 Å². The van der Waals surface area contributed by atoms with Gasteiger partial charge in [0.1, 0.15) is 0 Å². The first-order chi connectivity index (χ1) is 8.09. The van der Waals surface area contributed by atoms with Crippen molar-refractivity contribution in [2.75, 3.05) is 13.1 Å². The summed E-state index contributed by atoms with van der Waals surface area (Å²) in [5.74, 6) is -0.981. The maximum Gasteiger partial charge on any atom is 0.306 e. The number of hydrogen-bond donors (Lipinski definition) is 3. The van der Waals surface area contributed by atoms with Gasteiger partial charge in [-0.1, -0.05) is 34.1 Å². The molecule has 5 heteroatoms. The number of rotatable bonds is 7. The second kappa shape index (κ2) is 7.42. The molecule has 0 fully saturated rings. The van der Waals surface area contributed by atoms with E-state index in [2.05, 4.69) is 21.2 Å². The maximum absolute atomic E-state index is 10.3. The molecule has 1 atom stereocenters. The second-order valence-corrected chi connectivity index (χ2v) is 4.65. The molecule has 0 aromatic heterocycles. The van der Waals surface area contributed by atoms with Crippen LogP contribution in [0.25, 0.3) is 0 Å². The van der Waals surface area contributed by atoms with Crippen LogP contribution in [-0.4, -0.2) is 35.4 Å². The van der Waals surface area contributed by atoms with Crippen molar-refractivity contribution in [3.05, 3.63) is 34.3 Å². The summed E-state index contributed by atoms with van der Waals surface area (Å²) in [6, 6.07) is 7.94. The molecule has 0 amide bonds. The predicted octanol–water partition coefficient (Wildman–Crippen LogP) is 1.42. The van der Waals surface area contributed by atoms with Crippen molar-refractivity contribution < 1.29 is 15.0 Å². The van der Waals surface area contributed by atoms with Crippen LogP contribution >= 0.6 is 15.9 Å². The molecule has 0 heterocycles. The van der Waals surface area contributed by atoms with Crippen molar-refractivity contribution in [2.45, 2.75) is 18.9 Å². The summed E-state index contributed by atoms with van der Waals surface area (Å²) in [4.78, 5) is 10.3. The fourth-order valence-corrected chi connectivity index (χ4v) is 1.95. The van der Waals surface area contributed by atoms with Gasteiger partial charge in [-0.3, -0.25) is 4.79 Å². The number of carboxylic acids is 1. The Kier molecular flexibility index (Phi) is 6.18. The Hall–Kier alpha value is -0.910. The number of aliphatic hydroxyl groups is 1. The molecule has 4 nitrogen and oxygen atoms in total. The summed E-state index contributed by atoms with van der Waals surface area (Å²) in [6.07, 6.45) is -0.213. The second-order valence-electron chi connectivity index (χ2n) is 3.80. The minimum absolute atomic E-state index is 0.220. The standard InChI is InChI=1S/C12H16BrNO3/c13-11-4-2-1-3-9(11)5-6-14-8-10(15)7-12(16)17/h1-4,10,14-15H,5-8H2,(H,16,17). The summed E-state index contributed by atoms with van der Waals surface area (Å²) >= 11 is 3.46. The number of benzene rings is 1. The third kappa shape index (κ3) is 5.81. The Morgan fingerprint density at radius 2 is 2.12 bits per heavy atom. The van der Waals surface area contributed by atoms with Crippen LogP contribution in [0, 0.1) is 0 Å². The lowest BCUT2D eigenvalue weighted by Crippen LogP contribution is -2.30. The fourth-order valence-electron chi connectivity index (χ4n) is 1.47. The zero-order valence-corrected chi connectivity index (χ0v) is 11.0. The van der Waals surface area contributed by atoms with Gasteiger partial charge in [0, 0.05) is 11.0 Å². The Morgan fingerprint density at radius 3 is 2.76 bits per heavy atom. The van der Waals surface area contributed by atoms with Gasteiger partial charge in [0.05, 0.1) is 12.5 Å². The van der Waals surface area contributed by atoms with E-state index in [9.17, 15) is 9.90 Å². The summed E-state index contributed by atoms with van der Waals surface area (Å²) in [7, 11) is 0. The van der Waals surface area contributed by atoms with E-state index < -0.39 is 12.1 Å². The molecule has 0 spiro atoms. The van der Waals surface area contributed by atoms with Crippen molar-refractivity contribution >= 4 is 21.9 Å². The molecule has 1 aromatic carbocycles. The lowest BCUT2D eigenvalue weighted by molar-refractivity contribution is -0.139. The molecule has 1 unspecified atom stereocenters. The average molecular weight is 302 g/mol. The van der Waals surface area contributed by atoms with Crippen molar-refractivity contribution in [2.24, 2.45) is 0 Å². The van der Waals surface area contributed by atoms with Crippen molar-refractivity contribution in [1.82, 2.24) is 5.32 Å². The molecule has 1 aromatic rings. The molecular formula is C12H16BrNO3. The van der Waals surface area contributed by atoms with Crippen LogP contribution in [0.4, 0.5) is 0 Å². The largest absolute Gasteiger partial charge is 0.481 e. The number of hydrogen-bond acceptors (Lipinski definition) is 3. The van der Waals surface area contributed by atoms with Crippen LogP contribution in [-0.2, 0) is 11.2 Å². The molecule has 0 bridgehead atoms. The minimum Gasteiger partial charge on any atom is -0.481 e. The first-order valence-corrected chi connectivity index (χ1v) is 6.23. The highest BCUT2D eigenvalue weighted by molar-refractivity contribution is 9.10. The number of carbonyl (C=O) groups is 1.